The summed E-state index contributed by atoms with van der Waals surface area (Å²) in [7, 11) is 0. The highest BCUT2D eigenvalue weighted by atomic mass is 35.5. The molecule has 106 valence electrons. The molecule has 1 aromatic rings. The standard InChI is InChI=1S/C12H13ClN4O3/c1-2-16(5-3-4-14)12(18)8-6-9(13)11(15)10(7-8)17(19)20/h6-7H,2-3,5,15H2,1H3. The summed E-state index contributed by atoms with van der Waals surface area (Å²) in [5.41, 5.74) is 5.00. The van der Waals surface area contributed by atoms with E-state index in [1.54, 1.807) is 6.92 Å². The van der Waals surface area contributed by atoms with E-state index in [2.05, 4.69) is 0 Å². The zero-order chi connectivity index (χ0) is 15.3. The second-order valence-corrected chi connectivity index (χ2v) is 4.35. The summed E-state index contributed by atoms with van der Waals surface area (Å²) in [6, 6.07) is 4.33. The molecule has 8 heteroatoms. The number of carbonyl (C=O) groups is 1. The number of nitro groups is 1. The maximum Gasteiger partial charge on any atom is 0.294 e. The van der Waals surface area contributed by atoms with Gasteiger partial charge in [-0.1, -0.05) is 11.6 Å². The van der Waals surface area contributed by atoms with Crippen molar-refractivity contribution in [1.29, 1.82) is 5.26 Å². The first-order chi connectivity index (χ1) is 9.42. The smallest absolute Gasteiger partial charge is 0.294 e. The van der Waals surface area contributed by atoms with Crippen molar-refractivity contribution in [2.75, 3.05) is 18.8 Å². The number of hydrogen-bond donors (Lipinski definition) is 1. The molecule has 0 spiro atoms. The van der Waals surface area contributed by atoms with Gasteiger partial charge in [0.15, 0.2) is 0 Å². The van der Waals surface area contributed by atoms with Crippen molar-refractivity contribution in [3.8, 4) is 6.07 Å². The maximum atomic E-state index is 12.2. The molecule has 0 aliphatic rings. The fourth-order valence-electron chi connectivity index (χ4n) is 1.65. The molecule has 0 unspecified atom stereocenters. The van der Waals surface area contributed by atoms with Gasteiger partial charge in [-0.15, -0.1) is 0 Å². The Kier molecular flexibility index (Phi) is 5.29. The van der Waals surface area contributed by atoms with Crippen molar-refractivity contribution < 1.29 is 9.72 Å². The summed E-state index contributed by atoms with van der Waals surface area (Å²) in [6.07, 6.45) is 0.185. The Hall–Kier alpha value is -2.33. The van der Waals surface area contributed by atoms with Gasteiger partial charge in [-0.3, -0.25) is 14.9 Å². The van der Waals surface area contributed by atoms with Crippen LogP contribution in [-0.2, 0) is 0 Å². The summed E-state index contributed by atoms with van der Waals surface area (Å²) in [6.45, 7) is 2.39. The monoisotopic (exact) mass is 296 g/mol. The normalized spacial score (nSPS) is 9.85. The molecule has 7 nitrogen and oxygen atoms in total. The van der Waals surface area contributed by atoms with E-state index in [0.717, 1.165) is 6.07 Å². The Labute approximate surface area is 120 Å². The van der Waals surface area contributed by atoms with Crippen LogP contribution in [0.5, 0.6) is 0 Å². The quantitative estimate of drug-likeness (QED) is 0.508. The summed E-state index contributed by atoms with van der Waals surface area (Å²) in [5, 5.41) is 19.4. The number of nitrogens with zero attached hydrogens (tertiary/aromatic N) is 3. The Balaban J connectivity index is 3.16. The number of amides is 1. The van der Waals surface area contributed by atoms with E-state index in [-0.39, 0.29) is 29.2 Å². The summed E-state index contributed by atoms with van der Waals surface area (Å²) in [4.78, 5) is 23.8. The van der Waals surface area contributed by atoms with E-state index in [1.807, 2.05) is 6.07 Å². The minimum atomic E-state index is -0.691. The van der Waals surface area contributed by atoms with Crippen LogP contribution in [0.3, 0.4) is 0 Å². The lowest BCUT2D eigenvalue weighted by Crippen LogP contribution is -2.31. The first kappa shape index (κ1) is 15.7. The van der Waals surface area contributed by atoms with Gasteiger partial charge in [0, 0.05) is 24.7 Å². The van der Waals surface area contributed by atoms with Crippen LogP contribution in [0, 0.1) is 21.4 Å². The predicted molar refractivity (Wildman–Crippen MR) is 74.3 cm³/mol. The van der Waals surface area contributed by atoms with Crippen molar-refractivity contribution in [3.05, 3.63) is 32.8 Å². The van der Waals surface area contributed by atoms with E-state index in [1.165, 1.54) is 11.0 Å². The number of hydrogen-bond acceptors (Lipinski definition) is 5. The van der Waals surface area contributed by atoms with Crippen LogP contribution in [0.4, 0.5) is 11.4 Å². The van der Waals surface area contributed by atoms with Crippen LogP contribution in [0.25, 0.3) is 0 Å². The molecule has 0 bridgehead atoms. The number of carbonyl (C=O) groups excluding carboxylic acids is 1. The second kappa shape index (κ2) is 6.73. The fraction of sp³-hybridized carbons (Fsp3) is 0.333. The highest BCUT2D eigenvalue weighted by Crippen LogP contribution is 2.31. The molecular formula is C12H13ClN4O3. The van der Waals surface area contributed by atoms with Crippen LogP contribution in [0.1, 0.15) is 23.7 Å². The summed E-state index contributed by atoms with van der Waals surface area (Å²) < 4.78 is 0. The molecule has 1 rings (SSSR count). The van der Waals surface area contributed by atoms with Gasteiger partial charge in [0.05, 0.1) is 22.4 Å². The van der Waals surface area contributed by atoms with Crippen LogP contribution < -0.4 is 5.73 Å². The Bertz CT molecular complexity index is 583. The lowest BCUT2D eigenvalue weighted by molar-refractivity contribution is -0.383. The molecule has 0 saturated heterocycles. The number of anilines is 1. The number of halogens is 1. The van der Waals surface area contributed by atoms with E-state index >= 15 is 0 Å². The van der Waals surface area contributed by atoms with Gasteiger partial charge in [0.25, 0.3) is 11.6 Å². The molecule has 2 N–H and O–H groups in total. The summed E-state index contributed by atoms with van der Waals surface area (Å²) >= 11 is 5.81. The fourth-order valence-corrected chi connectivity index (χ4v) is 1.86. The average Bonchev–Trinajstić information content (AvgIpc) is 2.41. The van der Waals surface area contributed by atoms with E-state index in [0.29, 0.717) is 6.54 Å². The van der Waals surface area contributed by atoms with Crippen molar-refractivity contribution >= 4 is 28.9 Å². The van der Waals surface area contributed by atoms with Crippen molar-refractivity contribution in [2.45, 2.75) is 13.3 Å². The molecule has 0 heterocycles. The third-order valence-electron chi connectivity index (χ3n) is 2.71. The van der Waals surface area contributed by atoms with Crippen LogP contribution in [-0.4, -0.2) is 28.8 Å². The average molecular weight is 297 g/mol. The number of nitrogen functional groups attached to an aromatic ring is 1. The van der Waals surface area contributed by atoms with E-state index < -0.39 is 16.5 Å². The molecule has 0 saturated carbocycles. The number of rotatable bonds is 5. The Morgan fingerprint density at radius 2 is 2.25 bits per heavy atom. The first-order valence-corrected chi connectivity index (χ1v) is 6.19. The van der Waals surface area contributed by atoms with Gasteiger partial charge in [0.2, 0.25) is 0 Å². The van der Waals surface area contributed by atoms with E-state index in [9.17, 15) is 14.9 Å². The largest absolute Gasteiger partial charge is 0.392 e. The van der Waals surface area contributed by atoms with Gasteiger partial charge in [-0.2, -0.15) is 5.26 Å². The zero-order valence-electron chi connectivity index (χ0n) is 10.8. The minimum absolute atomic E-state index is 0.0427. The van der Waals surface area contributed by atoms with E-state index in [4.69, 9.17) is 22.6 Å². The maximum absolute atomic E-state index is 12.2. The molecule has 20 heavy (non-hydrogen) atoms. The number of nitrogens with two attached hydrogens (primary N) is 1. The number of nitro benzene ring substituents is 1. The lowest BCUT2D eigenvalue weighted by atomic mass is 10.1. The van der Waals surface area contributed by atoms with Gasteiger partial charge in [0.1, 0.15) is 5.69 Å². The first-order valence-electron chi connectivity index (χ1n) is 5.82. The van der Waals surface area contributed by atoms with Crippen LogP contribution in [0.15, 0.2) is 12.1 Å². The third kappa shape index (κ3) is 3.36. The third-order valence-corrected chi connectivity index (χ3v) is 3.03. The van der Waals surface area contributed by atoms with Gasteiger partial charge in [-0.25, -0.2) is 0 Å². The lowest BCUT2D eigenvalue weighted by Gasteiger charge is -2.19. The SMILES string of the molecule is CCN(CCC#N)C(=O)c1cc(Cl)c(N)c([N+](=O)[O-])c1. The molecule has 0 aliphatic carbocycles. The van der Waals surface area contributed by atoms with Gasteiger partial charge >= 0.3 is 0 Å². The van der Waals surface area contributed by atoms with Crippen molar-refractivity contribution in [1.82, 2.24) is 4.90 Å². The minimum Gasteiger partial charge on any atom is -0.392 e. The predicted octanol–water partition coefficient (Wildman–Crippen LogP) is 2.21. The van der Waals surface area contributed by atoms with Crippen LogP contribution in [0.2, 0.25) is 5.02 Å². The number of benzene rings is 1. The van der Waals surface area contributed by atoms with Crippen molar-refractivity contribution in [2.24, 2.45) is 0 Å². The zero-order valence-corrected chi connectivity index (χ0v) is 11.6. The molecule has 0 fully saturated rings. The van der Waals surface area contributed by atoms with Crippen molar-refractivity contribution in [3.63, 3.8) is 0 Å². The molecule has 0 aliphatic heterocycles. The Morgan fingerprint density at radius 3 is 2.75 bits per heavy atom. The molecular weight excluding hydrogens is 284 g/mol. The molecule has 1 amide bonds. The van der Waals surface area contributed by atoms with Gasteiger partial charge in [-0.05, 0) is 13.0 Å². The summed E-state index contributed by atoms with van der Waals surface area (Å²) in [5.74, 6) is -0.423. The highest BCUT2D eigenvalue weighted by molar-refractivity contribution is 6.34. The second-order valence-electron chi connectivity index (χ2n) is 3.94. The molecule has 0 atom stereocenters. The highest BCUT2D eigenvalue weighted by Gasteiger charge is 2.21. The molecule has 1 aromatic carbocycles. The Morgan fingerprint density at radius 1 is 1.60 bits per heavy atom. The number of nitriles is 1. The molecule has 0 aromatic heterocycles. The topological polar surface area (TPSA) is 113 Å². The van der Waals surface area contributed by atoms with Gasteiger partial charge < -0.3 is 10.6 Å². The molecule has 0 radical (unpaired) electrons. The van der Waals surface area contributed by atoms with Crippen LogP contribution >= 0.6 is 11.6 Å².